The molecule has 0 aromatic carbocycles. The summed E-state index contributed by atoms with van der Waals surface area (Å²) in [5.41, 5.74) is 2.03. The van der Waals surface area contributed by atoms with E-state index in [1.807, 2.05) is 0 Å². The van der Waals surface area contributed by atoms with Crippen LogP contribution in [0.25, 0.3) is 0 Å². The highest BCUT2D eigenvalue weighted by Crippen LogP contribution is 2.45. The number of sulfone groups is 1. The number of hydrazone groups is 1. The van der Waals surface area contributed by atoms with Crippen LogP contribution in [0, 0.1) is 0 Å². The molecule has 132 valence electrons. The molecule has 0 aliphatic carbocycles. The van der Waals surface area contributed by atoms with Crippen LogP contribution in [-0.2, 0) is 19.4 Å². The van der Waals surface area contributed by atoms with Crippen molar-refractivity contribution in [3.8, 4) is 0 Å². The minimum Gasteiger partial charge on any atom is -0.480 e. The molecule has 2 N–H and O–H groups in total. The molecule has 0 unspecified atom stereocenters. The van der Waals surface area contributed by atoms with Gasteiger partial charge in [0.1, 0.15) is 15.8 Å². The van der Waals surface area contributed by atoms with Crippen LogP contribution in [0.2, 0.25) is 0 Å². The molecule has 11 nitrogen and oxygen atoms in total. The number of carboxylic acids is 1. The molecule has 1 aromatic heterocycles. The second-order valence-electron chi connectivity index (χ2n) is 5.72. The van der Waals surface area contributed by atoms with E-state index in [2.05, 4.69) is 20.5 Å². The van der Waals surface area contributed by atoms with Crippen LogP contribution in [0.3, 0.4) is 0 Å². The van der Waals surface area contributed by atoms with Gasteiger partial charge in [-0.05, 0) is 6.92 Å². The zero-order valence-electron chi connectivity index (χ0n) is 12.9. The molecular weight excluding hydrogens is 354 g/mol. The third-order valence-corrected chi connectivity index (χ3v) is 6.92. The van der Waals surface area contributed by atoms with Crippen LogP contribution in [0.15, 0.2) is 23.7 Å². The number of nitrogens with one attached hydrogen (secondary N) is 1. The third kappa shape index (κ3) is 2.36. The van der Waals surface area contributed by atoms with Crippen molar-refractivity contribution in [2.24, 2.45) is 5.10 Å². The van der Waals surface area contributed by atoms with E-state index in [1.54, 1.807) is 0 Å². The van der Waals surface area contributed by atoms with E-state index >= 15 is 0 Å². The number of aromatic nitrogens is 2. The predicted octanol–water partition coefficient (Wildman–Crippen LogP) is -1.61. The van der Waals surface area contributed by atoms with Crippen molar-refractivity contribution in [1.82, 2.24) is 20.3 Å². The second kappa shape index (κ2) is 5.58. The van der Waals surface area contributed by atoms with Gasteiger partial charge in [-0.15, -0.1) is 0 Å². The summed E-state index contributed by atoms with van der Waals surface area (Å²) in [6, 6.07) is -1.61. The van der Waals surface area contributed by atoms with Gasteiger partial charge in [0.05, 0.1) is 12.6 Å². The largest absolute Gasteiger partial charge is 0.480 e. The van der Waals surface area contributed by atoms with Gasteiger partial charge >= 0.3 is 5.97 Å². The molecule has 2 saturated heterocycles. The molecule has 3 heterocycles. The topological polar surface area (TPSA) is 159 Å². The van der Waals surface area contributed by atoms with Gasteiger partial charge in [-0.25, -0.2) is 23.6 Å². The van der Waals surface area contributed by atoms with Gasteiger partial charge in [-0.2, -0.15) is 5.10 Å². The van der Waals surface area contributed by atoms with Gasteiger partial charge in [0.15, 0.2) is 15.9 Å². The molecule has 0 radical (unpaired) electrons. The van der Waals surface area contributed by atoms with Crippen LogP contribution >= 0.6 is 0 Å². The standard InChI is InChI=1S/C13H13N5O6S/c1-13(6-16-17-11(20)7-5-14-2-3-15-7)10(12(21)22)18-8(19)4-9(18)25(13,23)24/h2-3,5-6,9-10H,4H2,1H3,(H,17,20)(H,21,22)/b16-6+/t9-,10+,13+/m1/s1. The highest BCUT2D eigenvalue weighted by Gasteiger charge is 2.69. The van der Waals surface area contributed by atoms with Crippen LogP contribution in [0.1, 0.15) is 23.8 Å². The fourth-order valence-electron chi connectivity index (χ4n) is 2.90. The normalized spacial score (nSPS) is 30.0. The monoisotopic (exact) mass is 367 g/mol. The minimum atomic E-state index is -4.02. The van der Waals surface area contributed by atoms with Gasteiger partial charge in [-0.3, -0.25) is 14.6 Å². The Balaban J connectivity index is 1.87. The lowest BCUT2D eigenvalue weighted by Gasteiger charge is -2.35. The summed E-state index contributed by atoms with van der Waals surface area (Å²) in [6.45, 7) is 1.16. The molecule has 1 aromatic rings. The number of fused-ring (bicyclic) bond motifs is 1. The Morgan fingerprint density at radius 2 is 2.20 bits per heavy atom. The molecule has 0 spiro atoms. The van der Waals surface area contributed by atoms with Gasteiger partial charge in [0.2, 0.25) is 5.91 Å². The van der Waals surface area contributed by atoms with E-state index in [4.69, 9.17) is 0 Å². The Hall–Kier alpha value is -2.89. The lowest BCUT2D eigenvalue weighted by atomic mass is 9.97. The fourth-order valence-corrected chi connectivity index (χ4v) is 5.11. The number of aliphatic carboxylic acids is 1. The van der Waals surface area contributed by atoms with Crippen LogP contribution < -0.4 is 5.43 Å². The van der Waals surface area contributed by atoms with Gasteiger partial charge in [-0.1, -0.05) is 0 Å². The number of nitrogens with zero attached hydrogens (tertiary/aromatic N) is 4. The number of carbonyl (C=O) groups is 3. The van der Waals surface area contributed by atoms with Crippen LogP contribution in [0.4, 0.5) is 0 Å². The summed E-state index contributed by atoms with van der Waals surface area (Å²) < 4.78 is 23.2. The molecule has 3 atom stereocenters. The Morgan fingerprint density at radius 3 is 2.76 bits per heavy atom. The molecule has 0 saturated carbocycles. The van der Waals surface area contributed by atoms with E-state index < -0.39 is 43.8 Å². The maximum absolute atomic E-state index is 12.6. The van der Waals surface area contributed by atoms with E-state index in [9.17, 15) is 27.9 Å². The molecule has 0 bridgehead atoms. The summed E-state index contributed by atoms with van der Waals surface area (Å²) in [7, 11) is -4.02. The fraction of sp³-hybridized carbons (Fsp3) is 0.385. The maximum atomic E-state index is 12.6. The second-order valence-corrected chi connectivity index (χ2v) is 8.23. The van der Waals surface area contributed by atoms with Crippen LogP contribution in [-0.4, -0.2) is 68.6 Å². The van der Waals surface area contributed by atoms with E-state index in [0.29, 0.717) is 0 Å². The van der Waals surface area contributed by atoms with Crippen molar-refractivity contribution in [3.05, 3.63) is 24.3 Å². The minimum absolute atomic E-state index is 0.0483. The van der Waals surface area contributed by atoms with E-state index in [1.165, 1.54) is 18.6 Å². The number of rotatable bonds is 4. The van der Waals surface area contributed by atoms with E-state index in [0.717, 1.165) is 18.0 Å². The Morgan fingerprint density at radius 1 is 1.48 bits per heavy atom. The maximum Gasteiger partial charge on any atom is 0.328 e. The van der Waals surface area contributed by atoms with Gasteiger partial charge in [0.25, 0.3) is 5.91 Å². The summed E-state index contributed by atoms with van der Waals surface area (Å²) in [4.78, 5) is 43.3. The first-order chi connectivity index (χ1) is 11.7. The first kappa shape index (κ1) is 17.0. The lowest BCUT2D eigenvalue weighted by molar-refractivity contribution is -0.156. The lowest BCUT2D eigenvalue weighted by Crippen LogP contribution is -2.57. The highest BCUT2D eigenvalue weighted by molar-refractivity contribution is 7.94. The molecule has 12 heteroatoms. The van der Waals surface area contributed by atoms with Crippen molar-refractivity contribution < 1.29 is 27.9 Å². The zero-order chi connectivity index (χ0) is 18.4. The van der Waals surface area contributed by atoms with Crippen molar-refractivity contribution in [2.75, 3.05) is 0 Å². The molecule has 2 aliphatic rings. The smallest absolute Gasteiger partial charge is 0.328 e. The Bertz CT molecular complexity index is 885. The highest BCUT2D eigenvalue weighted by atomic mass is 32.2. The first-order valence-electron chi connectivity index (χ1n) is 7.08. The number of amides is 2. The van der Waals surface area contributed by atoms with Crippen molar-refractivity contribution >= 4 is 33.8 Å². The third-order valence-electron chi connectivity index (χ3n) is 4.26. The first-order valence-corrected chi connectivity index (χ1v) is 8.63. The molecule has 2 aliphatic heterocycles. The van der Waals surface area contributed by atoms with Gasteiger partial charge in [0, 0.05) is 18.6 Å². The number of carbonyl (C=O) groups excluding carboxylic acids is 2. The van der Waals surface area contributed by atoms with Crippen molar-refractivity contribution in [1.29, 1.82) is 0 Å². The molecule has 2 fully saturated rings. The zero-order valence-corrected chi connectivity index (χ0v) is 13.7. The number of hydrogen-bond acceptors (Lipinski definition) is 8. The van der Waals surface area contributed by atoms with Crippen molar-refractivity contribution in [2.45, 2.75) is 29.5 Å². The Kier molecular flexibility index (Phi) is 3.78. The molecule has 3 rings (SSSR count). The van der Waals surface area contributed by atoms with Crippen LogP contribution in [0.5, 0.6) is 0 Å². The number of carboxylic acid groups (broad SMARTS) is 1. The molecule has 2 amide bonds. The summed E-state index contributed by atoms with van der Waals surface area (Å²) in [6.07, 6.45) is 4.41. The summed E-state index contributed by atoms with van der Waals surface area (Å²) in [5.74, 6) is -2.76. The Labute approximate surface area is 141 Å². The van der Waals surface area contributed by atoms with Gasteiger partial charge < -0.3 is 10.0 Å². The van der Waals surface area contributed by atoms with E-state index in [-0.39, 0.29) is 12.1 Å². The number of hydrogen-bond donors (Lipinski definition) is 2. The predicted molar refractivity (Wildman–Crippen MR) is 82.0 cm³/mol. The quantitative estimate of drug-likeness (QED) is 0.365. The molecular formula is C13H13N5O6S. The molecule has 25 heavy (non-hydrogen) atoms. The SMILES string of the molecule is C[C@]1(/C=N/NC(=O)c2cnccn2)[C@H](C(=O)O)N2C(=O)C[C@H]2S1(=O)=O. The number of β-lactam (4-membered cyclic amide) rings is 1. The summed E-state index contributed by atoms with van der Waals surface area (Å²) >= 11 is 0. The average molecular weight is 367 g/mol. The average Bonchev–Trinajstić information content (AvgIpc) is 2.70. The summed E-state index contributed by atoms with van der Waals surface area (Å²) in [5, 5.41) is 11.8. The van der Waals surface area contributed by atoms with Crippen molar-refractivity contribution in [3.63, 3.8) is 0 Å².